The van der Waals surface area contributed by atoms with Gasteiger partial charge in [0.15, 0.2) is 0 Å². The van der Waals surface area contributed by atoms with Crippen molar-refractivity contribution in [1.82, 2.24) is 4.57 Å². The minimum absolute atomic E-state index is 0.0558. The smallest absolute Gasteiger partial charge is 0.386 e. The maximum atomic E-state index is 6.01. The zero-order valence-corrected chi connectivity index (χ0v) is 14.7. The van der Waals surface area contributed by atoms with E-state index in [2.05, 4.69) is 46.1 Å². The number of nitrogens with zero attached hydrogens (tertiary/aromatic N) is 1. The van der Waals surface area contributed by atoms with Crippen molar-refractivity contribution in [3.8, 4) is 0 Å². The Bertz CT molecular complexity index is 228. The van der Waals surface area contributed by atoms with Crippen molar-refractivity contribution in [2.75, 3.05) is 27.3 Å². The lowest BCUT2D eigenvalue weighted by atomic mass is 9.99. The second-order valence-electron chi connectivity index (χ2n) is 5.80. The standard InChI is InChI=1S/C14H33NO2Si/c1-9-11-12-15(10-2)18(16-7,17-8)14(5,6)13(3)4/h13H,9-12H2,1-8H3. The first-order valence-electron chi connectivity index (χ1n) is 7.19. The van der Waals surface area contributed by atoms with Crippen molar-refractivity contribution in [1.29, 1.82) is 0 Å². The van der Waals surface area contributed by atoms with Crippen molar-refractivity contribution < 1.29 is 8.85 Å². The van der Waals surface area contributed by atoms with Crippen LogP contribution in [-0.2, 0) is 8.85 Å². The van der Waals surface area contributed by atoms with Gasteiger partial charge in [-0.15, -0.1) is 0 Å². The first kappa shape index (κ1) is 18.1. The van der Waals surface area contributed by atoms with E-state index in [9.17, 15) is 0 Å². The van der Waals surface area contributed by atoms with Gasteiger partial charge in [0.2, 0.25) is 0 Å². The largest absolute Gasteiger partial charge is 0.433 e. The van der Waals surface area contributed by atoms with E-state index in [0.717, 1.165) is 13.1 Å². The molecule has 110 valence electrons. The van der Waals surface area contributed by atoms with Crippen molar-refractivity contribution in [2.24, 2.45) is 5.92 Å². The van der Waals surface area contributed by atoms with Crippen LogP contribution in [0.15, 0.2) is 0 Å². The molecule has 4 heteroatoms. The summed E-state index contributed by atoms with van der Waals surface area (Å²) in [5.74, 6) is 0.528. The van der Waals surface area contributed by atoms with E-state index < -0.39 is 8.72 Å². The Morgan fingerprint density at radius 2 is 1.61 bits per heavy atom. The molecule has 18 heavy (non-hydrogen) atoms. The summed E-state index contributed by atoms with van der Waals surface area (Å²) in [5, 5.41) is 0.0558. The predicted molar refractivity (Wildman–Crippen MR) is 80.8 cm³/mol. The summed E-state index contributed by atoms with van der Waals surface area (Å²) < 4.78 is 14.5. The van der Waals surface area contributed by atoms with Crippen molar-refractivity contribution >= 4 is 8.72 Å². The van der Waals surface area contributed by atoms with Gasteiger partial charge >= 0.3 is 8.72 Å². The van der Waals surface area contributed by atoms with E-state index >= 15 is 0 Å². The highest BCUT2D eigenvalue weighted by molar-refractivity contribution is 6.67. The Morgan fingerprint density at radius 1 is 1.11 bits per heavy atom. The van der Waals surface area contributed by atoms with E-state index in [1.165, 1.54) is 12.8 Å². The minimum atomic E-state index is -2.37. The van der Waals surface area contributed by atoms with E-state index in [1.807, 2.05) is 14.2 Å². The SMILES string of the molecule is CCCCN(CC)[Si](OC)(OC)C(C)(C)C(C)C. The zero-order valence-electron chi connectivity index (χ0n) is 13.7. The molecule has 0 unspecified atom stereocenters. The van der Waals surface area contributed by atoms with Crippen molar-refractivity contribution in [2.45, 2.75) is 59.4 Å². The van der Waals surface area contributed by atoms with Gasteiger partial charge in [-0.05, 0) is 25.4 Å². The van der Waals surface area contributed by atoms with Crippen LogP contribution in [0.25, 0.3) is 0 Å². The number of hydrogen-bond donors (Lipinski definition) is 0. The van der Waals surface area contributed by atoms with Crippen molar-refractivity contribution in [3.05, 3.63) is 0 Å². The van der Waals surface area contributed by atoms with Crippen LogP contribution in [0.1, 0.15) is 54.4 Å². The van der Waals surface area contributed by atoms with Gasteiger partial charge in [0.25, 0.3) is 0 Å². The quantitative estimate of drug-likeness (QED) is 0.598. The molecule has 0 aliphatic carbocycles. The average molecular weight is 276 g/mol. The van der Waals surface area contributed by atoms with Gasteiger partial charge in [0, 0.05) is 19.3 Å². The van der Waals surface area contributed by atoms with E-state index in [-0.39, 0.29) is 5.04 Å². The molecule has 0 saturated heterocycles. The third-order valence-electron chi connectivity index (χ3n) is 4.39. The molecule has 0 N–H and O–H groups in total. The maximum absolute atomic E-state index is 6.01. The maximum Gasteiger partial charge on any atom is 0.433 e. The van der Waals surface area contributed by atoms with E-state index in [0.29, 0.717) is 5.92 Å². The monoisotopic (exact) mass is 275 g/mol. The van der Waals surface area contributed by atoms with Gasteiger partial charge in [-0.3, -0.25) is 4.57 Å². The molecule has 0 fully saturated rings. The number of hydrogen-bond acceptors (Lipinski definition) is 3. The topological polar surface area (TPSA) is 21.7 Å². The molecule has 0 amide bonds. The van der Waals surface area contributed by atoms with Gasteiger partial charge in [0.1, 0.15) is 0 Å². The third-order valence-corrected chi connectivity index (χ3v) is 9.08. The van der Waals surface area contributed by atoms with Gasteiger partial charge in [-0.25, -0.2) is 0 Å². The molecule has 0 spiro atoms. The lowest BCUT2D eigenvalue weighted by Gasteiger charge is -2.49. The second-order valence-corrected chi connectivity index (χ2v) is 9.70. The Kier molecular flexibility index (Phi) is 7.67. The Hall–Kier alpha value is 0.0969. The Balaban J connectivity index is 5.33. The molecule has 0 heterocycles. The fraction of sp³-hybridized carbons (Fsp3) is 1.00. The van der Waals surface area contributed by atoms with Crippen LogP contribution < -0.4 is 0 Å². The summed E-state index contributed by atoms with van der Waals surface area (Å²) in [6, 6.07) is 0. The zero-order chi connectivity index (χ0) is 14.4. The molecule has 3 nitrogen and oxygen atoms in total. The molecular weight excluding hydrogens is 242 g/mol. The predicted octanol–water partition coefficient (Wildman–Crippen LogP) is 3.78. The lowest BCUT2D eigenvalue weighted by molar-refractivity contribution is 0.122. The summed E-state index contributed by atoms with van der Waals surface area (Å²) in [6.45, 7) is 15.6. The lowest BCUT2D eigenvalue weighted by Crippen LogP contribution is -2.65. The van der Waals surface area contributed by atoms with Gasteiger partial charge in [-0.2, -0.15) is 0 Å². The van der Waals surface area contributed by atoms with Crippen LogP contribution in [0.4, 0.5) is 0 Å². The van der Waals surface area contributed by atoms with Crippen LogP contribution in [0.5, 0.6) is 0 Å². The molecule has 0 aromatic rings. The first-order valence-corrected chi connectivity index (χ1v) is 8.95. The van der Waals surface area contributed by atoms with Crippen LogP contribution in [0.2, 0.25) is 5.04 Å². The van der Waals surface area contributed by atoms with Gasteiger partial charge in [0.05, 0.1) is 0 Å². The van der Waals surface area contributed by atoms with E-state index in [4.69, 9.17) is 8.85 Å². The molecule has 0 saturated carbocycles. The molecule has 0 aliphatic rings. The van der Waals surface area contributed by atoms with Crippen LogP contribution in [-0.4, -0.2) is 40.6 Å². The fourth-order valence-corrected chi connectivity index (χ4v) is 6.65. The average Bonchev–Trinajstić information content (AvgIpc) is 2.34. The summed E-state index contributed by atoms with van der Waals surface area (Å²) in [4.78, 5) is 0. The molecule has 0 aromatic heterocycles. The third kappa shape index (κ3) is 3.35. The first-order chi connectivity index (χ1) is 8.33. The highest BCUT2D eigenvalue weighted by Gasteiger charge is 2.57. The molecule has 0 atom stereocenters. The van der Waals surface area contributed by atoms with Gasteiger partial charge < -0.3 is 8.85 Å². The van der Waals surface area contributed by atoms with Gasteiger partial charge in [-0.1, -0.05) is 48.0 Å². The molecular formula is C14H33NO2Si. The summed E-state index contributed by atoms with van der Waals surface area (Å²) in [5.41, 5.74) is 0. The molecule has 0 radical (unpaired) electrons. The Labute approximate surface area is 115 Å². The van der Waals surface area contributed by atoms with Crippen LogP contribution >= 0.6 is 0 Å². The van der Waals surface area contributed by atoms with Crippen molar-refractivity contribution in [3.63, 3.8) is 0 Å². The van der Waals surface area contributed by atoms with Crippen LogP contribution in [0.3, 0.4) is 0 Å². The molecule has 0 bridgehead atoms. The molecule has 0 aliphatic heterocycles. The number of unbranched alkanes of at least 4 members (excludes halogenated alkanes) is 1. The Morgan fingerprint density at radius 3 is 1.89 bits per heavy atom. The summed E-state index contributed by atoms with van der Waals surface area (Å²) in [6.07, 6.45) is 2.40. The summed E-state index contributed by atoms with van der Waals surface area (Å²) >= 11 is 0. The molecule has 0 aromatic carbocycles. The highest BCUT2D eigenvalue weighted by atomic mass is 28.4. The number of rotatable bonds is 9. The molecule has 0 rings (SSSR count). The summed E-state index contributed by atoms with van der Waals surface area (Å²) in [7, 11) is 1.26. The normalized spacial score (nSPS) is 13.7. The second kappa shape index (κ2) is 7.63. The fourth-order valence-electron chi connectivity index (χ4n) is 2.50. The minimum Gasteiger partial charge on any atom is -0.386 e. The van der Waals surface area contributed by atoms with E-state index in [1.54, 1.807) is 0 Å². The van der Waals surface area contributed by atoms with Crippen LogP contribution in [0, 0.1) is 5.92 Å². The highest BCUT2D eigenvalue weighted by Crippen LogP contribution is 2.46.